The molecule has 0 heterocycles. The summed E-state index contributed by atoms with van der Waals surface area (Å²) in [7, 11) is 1.44. The largest absolute Gasteiger partial charge is 0.496 e. The van der Waals surface area contributed by atoms with Crippen LogP contribution in [0, 0.1) is 11.6 Å². The van der Waals surface area contributed by atoms with Crippen molar-refractivity contribution in [3.8, 4) is 39.5 Å². The van der Waals surface area contributed by atoms with Gasteiger partial charge >= 0.3 is 11.9 Å². The van der Waals surface area contributed by atoms with E-state index in [-0.39, 0.29) is 33.8 Å². The molecule has 0 atom stereocenters. The fourth-order valence-electron chi connectivity index (χ4n) is 3.02. The quantitative estimate of drug-likeness (QED) is 0.234. The van der Waals surface area contributed by atoms with E-state index >= 15 is 4.39 Å². The lowest BCUT2D eigenvalue weighted by Gasteiger charge is -2.13. The van der Waals surface area contributed by atoms with Crippen molar-refractivity contribution in [1.82, 2.24) is 0 Å². The lowest BCUT2D eigenvalue weighted by Crippen LogP contribution is -2.09. The molecular formula is C27H22F2O5. The van der Waals surface area contributed by atoms with E-state index < -0.39 is 23.6 Å². The minimum atomic E-state index is -0.808. The second-order valence-corrected chi connectivity index (χ2v) is 7.54. The SMILES string of the molecule is C=C(C)C(=O)Oc1ccc(-c2ccc(-c3ccc(OC(=O)C(=C)C)c(F)c3)c(F)c2)c(OC)c1. The maximum Gasteiger partial charge on any atom is 0.338 e. The molecule has 0 aromatic heterocycles. The van der Waals surface area contributed by atoms with E-state index in [9.17, 15) is 14.0 Å². The lowest BCUT2D eigenvalue weighted by molar-refractivity contribution is -0.131. The Morgan fingerprint density at radius 2 is 1.26 bits per heavy atom. The highest BCUT2D eigenvalue weighted by Crippen LogP contribution is 2.36. The minimum absolute atomic E-state index is 0.127. The number of benzene rings is 3. The van der Waals surface area contributed by atoms with Crippen LogP contribution in [0.3, 0.4) is 0 Å². The monoisotopic (exact) mass is 464 g/mol. The molecule has 0 unspecified atom stereocenters. The van der Waals surface area contributed by atoms with Crippen LogP contribution in [0.5, 0.6) is 17.2 Å². The molecule has 0 N–H and O–H groups in total. The minimum Gasteiger partial charge on any atom is -0.496 e. The van der Waals surface area contributed by atoms with Crippen molar-refractivity contribution in [3.05, 3.63) is 90.5 Å². The second kappa shape index (κ2) is 10.1. The standard InChI is InChI=1S/C27H22F2O5/c1-15(2)26(30)33-19-8-10-21(25(14-19)32-5)18-6-9-20(22(28)12-18)17-7-11-24(23(29)13-17)34-27(31)16(3)4/h6-14H,1,3H2,2,4-5H3. The molecule has 3 aromatic rings. The Hall–Kier alpha value is -4.26. The molecule has 7 heteroatoms. The first kappa shape index (κ1) is 24.4. The predicted octanol–water partition coefficient (Wildman–Crippen LogP) is 6.27. The van der Waals surface area contributed by atoms with Crippen molar-refractivity contribution < 1.29 is 32.6 Å². The smallest absolute Gasteiger partial charge is 0.338 e. The molecule has 0 saturated carbocycles. The zero-order chi connectivity index (χ0) is 25.0. The van der Waals surface area contributed by atoms with Crippen LogP contribution in [0.4, 0.5) is 8.78 Å². The zero-order valence-electron chi connectivity index (χ0n) is 18.9. The Morgan fingerprint density at radius 1 is 0.706 bits per heavy atom. The fraction of sp³-hybridized carbons (Fsp3) is 0.111. The number of carbonyl (C=O) groups excluding carboxylic acids is 2. The predicted molar refractivity (Wildman–Crippen MR) is 125 cm³/mol. The number of methoxy groups -OCH3 is 1. The molecule has 0 amide bonds. The zero-order valence-corrected chi connectivity index (χ0v) is 18.9. The van der Waals surface area contributed by atoms with Gasteiger partial charge in [0, 0.05) is 28.3 Å². The Bertz CT molecular complexity index is 1310. The van der Waals surface area contributed by atoms with E-state index in [1.165, 1.54) is 51.3 Å². The third-order valence-electron chi connectivity index (χ3n) is 4.81. The Labute approximate surface area is 195 Å². The summed E-state index contributed by atoms with van der Waals surface area (Å²) >= 11 is 0. The van der Waals surface area contributed by atoms with Crippen molar-refractivity contribution in [2.45, 2.75) is 13.8 Å². The molecule has 0 aliphatic carbocycles. The van der Waals surface area contributed by atoms with Gasteiger partial charge in [-0.15, -0.1) is 0 Å². The topological polar surface area (TPSA) is 61.8 Å². The molecule has 0 spiro atoms. The van der Waals surface area contributed by atoms with Crippen LogP contribution in [-0.4, -0.2) is 19.0 Å². The van der Waals surface area contributed by atoms with Crippen LogP contribution in [0.15, 0.2) is 78.9 Å². The second-order valence-electron chi connectivity index (χ2n) is 7.54. The maximum absolute atomic E-state index is 15.0. The summed E-state index contributed by atoms with van der Waals surface area (Å²) in [6, 6.07) is 13.0. The number of rotatable bonds is 7. The van der Waals surface area contributed by atoms with Crippen molar-refractivity contribution in [1.29, 1.82) is 0 Å². The molecule has 3 rings (SSSR count). The number of hydrogen-bond donors (Lipinski definition) is 0. The van der Waals surface area contributed by atoms with Crippen LogP contribution in [-0.2, 0) is 9.59 Å². The van der Waals surface area contributed by atoms with Gasteiger partial charge in [0.15, 0.2) is 11.6 Å². The maximum atomic E-state index is 15.0. The summed E-state index contributed by atoms with van der Waals surface area (Å²) in [5.41, 5.74) is 1.87. The van der Waals surface area contributed by atoms with E-state index in [4.69, 9.17) is 14.2 Å². The lowest BCUT2D eigenvalue weighted by atomic mass is 9.98. The Balaban J connectivity index is 1.90. The molecule has 0 aliphatic heterocycles. The van der Waals surface area contributed by atoms with Gasteiger partial charge in [0.05, 0.1) is 7.11 Å². The number of esters is 2. The third kappa shape index (κ3) is 5.38. The van der Waals surface area contributed by atoms with Crippen LogP contribution in [0.25, 0.3) is 22.3 Å². The van der Waals surface area contributed by atoms with Gasteiger partial charge in [-0.3, -0.25) is 0 Å². The summed E-state index contributed by atoms with van der Waals surface area (Å²) in [5, 5.41) is 0. The van der Waals surface area contributed by atoms with Crippen molar-refractivity contribution in [2.24, 2.45) is 0 Å². The number of halogens is 2. The average Bonchev–Trinajstić information content (AvgIpc) is 2.80. The molecule has 34 heavy (non-hydrogen) atoms. The van der Waals surface area contributed by atoms with Gasteiger partial charge in [0.1, 0.15) is 17.3 Å². The highest BCUT2D eigenvalue weighted by Gasteiger charge is 2.16. The molecule has 174 valence electrons. The van der Waals surface area contributed by atoms with Crippen LogP contribution in [0.2, 0.25) is 0 Å². The molecule has 0 saturated heterocycles. The third-order valence-corrected chi connectivity index (χ3v) is 4.81. The first-order chi connectivity index (χ1) is 16.1. The highest BCUT2D eigenvalue weighted by atomic mass is 19.1. The van der Waals surface area contributed by atoms with Crippen molar-refractivity contribution in [3.63, 3.8) is 0 Å². The van der Waals surface area contributed by atoms with Gasteiger partial charge in [-0.05, 0) is 55.3 Å². The summed E-state index contributed by atoms with van der Waals surface area (Å²) in [6.45, 7) is 9.96. The first-order valence-corrected chi connectivity index (χ1v) is 10.1. The van der Waals surface area contributed by atoms with Gasteiger partial charge in [0.25, 0.3) is 0 Å². The molecule has 0 bridgehead atoms. The summed E-state index contributed by atoms with van der Waals surface area (Å²) in [4.78, 5) is 23.4. The number of carbonyl (C=O) groups is 2. The molecule has 0 radical (unpaired) electrons. The van der Waals surface area contributed by atoms with Crippen LogP contribution in [0.1, 0.15) is 13.8 Å². The number of ether oxygens (including phenoxy) is 3. The fourth-order valence-corrected chi connectivity index (χ4v) is 3.02. The van der Waals surface area contributed by atoms with E-state index in [1.807, 2.05) is 0 Å². The average molecular weight is 464 g/mol. The normalized spacial score (nSPS) is 10.4. The van der Waals surface area contributed by atoms with E-state index in [0.29, 0.717) is 16.9 Å². The molecular weight excluding hydrogens is 442 g/mol. The molecule has 3 aromatic carbocycles. The van der Waals surface area contributed by atoms with Crippen molar-refractivity contribution >= 4 is 11.9 Å². The number of hydrogen-bond acceptors (Lipinski definition) is 5. The summed E-state index contributed by atoms with van der Waals surface area (Å²) < 4.78 is 44.9. The molecule has 0 aliphatic rings. The van der Waals surface area contributed by atoms with Gasteiger partial charge in [-0.25, -0.2) is 18.4 Å². The summed E-state index contributed by atoms with van der Waals surface area (Å²) in [5.74, 6) is -2.37. The van der Waals surface area contributed by atoms with E-state index in [1.54, 1.807) is 18.2 Å². The van der Waals surface area contributed by atoms with Crippen LogP contribution >= 0.6 is 0 Å². The summed E-state index contributed by atoms with van der Waals surface area (Å²) in [6.07, 6.45) is 0. The molecule has 0 fully saturated rings. The Morgan fingerprint density at radius 3 is 1.85 bits per heavy atom. The van der Waals surface area contributed by atoms with E-state index in [0.717, 1.165) is 6.07 Å². The van der Waals surface area contributed by atoms with Gasteiger partial charge in [-0.1, -0.05) is 31.4 Å². The van der Waals surface area contributed by atoms with Gasteiger partial charge in [0.2, 0.25) is 0 Å². The van der Waals surface area contributed by atoms with Gasteiger partial charge < -0.3 is 14.2 Å². The van der Waals surface area contributed by atoms with Crippen LogP contribution < -0.4 is 14.2 Å². The first-order valence-electron chi connectivity index (χ1n) is 10.1. The molecule has 5 nitrogen and oxygen atoms in total. The van der Waals surface area contributed by atoms with Crippen molar-refractivity contribution in [2.75, 3.05) is 7.11 Å². The highest BCUT2D eigenvalue weighted by molar-refractivity contribution is 5.89. The van der Waals surface area contributed by atoms with Gasteiger partial charge in [-0.2, -0.15) is 0 Å². The Kier molecular flexibility index (Phi) is 7.26. The van der Waals surface area contributed by atoms with E-state index in [2.05, 4.69) is 13.2 Å².